The Hall–Kier alpha value is -2.68. The van der Waals surface area contributed by atoms with Gasteiger partial charge in [0.15, 0.2) is 0 Å². The normalized spacial score (nSPS) is 11.6. The number of nitrogens with zero attached hydrogens (tertiary/aromatic N) is 1. The topological polar surface area (TPSA) is 25.2 Å². The molecular weight excluding hydrogens is 282 g/mol. The van der Waals surface area contributed by atoms with Crippen molar-refractivity contribution in [1.29, 1.82) is 0 Å². The van der Waals surface area contributed by atoms with Crippen molar-refractivity contribution in [3.63, 3.8) is 0 Å². The van der Waals surface area contributed by atoms with Crippen molar-refractivity contribution in [3.05, 3.63) is 48.5 Å². The number of unbranched alkanes of at least 4 members (excludes halogenated alkanes) is 1. The summed E-state index contributed by atoms with van der Waals surface area (Å²) in [5, 5.41) is 13.1. The van der Waals surface area contributed by atoms with Crippen molar-refractivity contribution in [2.24, 2.45) is 0 Å². The molecule has 0 bridgehead atoms. The average Bonchev–Trinajstić information content (AvgIpc) is 2.92. The zero-order valence-electron chi connectivity index (χ0n) is 13.2. The first-order valence-corrected chi connectivity index (χ1v) is 7.88. The molecule has 1 atom stereocenters. The SMILES string of the molecule is CC#CC#CCCCC(O)n1c2ccccc2c2ccccc21. The summed E-state index contributed by atoms with van der Waals surface area (Å²) >= 11 is 0. The number of para-hydroxylation sites is 2. The Bertz CT molecular complexity index is 891. The molecule has 2 aromatic carbocycles. The van der Waals surface area contributed by atoms with Crippen molar-refractivity contribution in [1.82, 2.24) is 4.57 Å². The number of aromatic nitrogens is 1. The lowest BCUT2D eigenvalue weighted by Gasteiger charge is -2.15. The van der Waals surface area contributed by atoms with Crippen LogP contribution in [0.3, 0.4) is 0 Å². The van der Waals surface area contributed by atoms with Gasteiger partial charge < -0.3 is 9.67 Å². The number of fused-ring (bicyclic) bond motifs is 3. The number of hydrogen-bond acceptors (Lipinski definition) is 1. The van der Waals surface area contributed by atoms with Gasteiger partial charge in [-0.15, -0.1) is 0 Å². The highest BCUT2D eigenvalue weighted by Gasteiger charge is 2.15. The van der Waals surface area contributed by atoms with Gasteiger partial charge in [-0.3, -0.25) is 0 Å². The minimum Gasteiger partial charge on any atom is -0.373 e. The second-order valence-corrected chi connectivity index (χ2v) is 5.45. The average molecular weight is 301 g/mol. The van der Waals surface area contributed by atoms with E-state index in [1.54, 1.807) is 6.92 Å². The van der Waals surface area contributed by atoms with Crippen molar-refractivity contribution < 1.29 is 5.11 Å². The molecule has 114 valence electrons. The highest BCUT2D eigenvalue weighted by atomic mass is 16.3. The van der Waals surface area contributed by atoms with Gasteiger partial charge in [-0.25, -0.2) is 0 Å². The van der Waals surface area contributed by atoms with Gasteiger partial charge in [0.2, 0.25) is 0 Å². The van der Waals surface area contributed by atoms with Crippen LogP contribution in [-0.2, 0) is 0 Å². The maximum Gasteiger partial charge on any atom is 0.131 e. The van der Waals surface area contributed by atoms with Crippen molar-refractivity contribution in [2.45, 2.75) is 32.4 Å². The highest BCUT2D eigenvalue weighted by Crippen LogP contribution is 2.32. The zero-order chi connectivity index (χ0) is 16.1. The van der Waals surface area contributed by atoms with Gasteiger partial charge in [0.05, 0.1) is 11.0 Å². The molecule has 0 aliphatic carbocycles. The lowest BCUT2D eigenvalue weighted by atomic mass is 10.2. The van der Waals surface area contributed by atoms with E-state index in [-0.39, 0.29) is 0 Å². The van der Waals surface area contributed by atoms with Gasteiger partial charge in [0, 0.05) is 17.2 Å². The maximum absolute atomic E-state index is 10.7. The van der Waals surface area contributed by atoms with E-state index in [0.717, 1.165) is 23.9 Å². The van der Waals surface area contributed by atoms with Crippen molar-refractivity contribution >= 4 is 21.8 Å². The monoisotopic (exact) mass is 301 g/mol. The fourth-order valence-electron chi connectivity index (χ4n) is 2.95. The van der Waals surface area contributed by atoms with Gasteiger partial charge in [0.25, 0.3) is 0 Å². The number of benzene rings is 2. The summed E-state index contributed by atoms with van der Waals surface area (Å²) in [6.45, 7) is 1.78. The van der Waals surface area contributed by atoms with Crippen LogP contribution in [0.4, 0.5) is 0 Å². The van der Waals surface area contributed by atoms with E-state index in [9.17, 15) is 5.11 Å². The van der Waals surface area contributed by atoms with Crippen molar-refractivity contribution in [3.8, 4) is 23.7 Å². The summed E-state index contributed by atoms with van der Waals surface area (Å²) in [5.74, 6) is 11.3. The first-order valence-electron chi connectivity index (χ1n) is 7.88. The van der Waals surface area contributed by atoms with Crippen LogP contribution in [0.2, 0.25) is 0 Å². The lowest BCUT2D eigenvalue weighted by Crippen LogP contribution is -2.07. The second kappa shape index (κ2) is 7.05. The molecule has 0 saturated heterocycles. The number of hydrogen-bond donors (Lipinski definition) is 1. The Morgan fingerprint density at radius 1 is 0.957 bits per heavy atom. The summed E-state index contributed by atoms with van der Waals surface area (Å²) in [5.41, 5.74) is 2.15. The predicted octanol–water partition coefficient (Wildman–Crippen LogP) is 4.48. The largest absolute Gasteiger partial charge is 0.373 e. The quantitative estimate of drug-likeness (QED) is 0.558. The first kappa shape index (κ1) is 15.2. The van der Waals surface area contributed by atoms with Gasteiger partial charge in [-0.1, -0.05) is 48.2 Å². The predicted molar refractivity (Wildman–Crippen MR) is 95.8 cm³/mol. The zero-order valence-corrected chi connectivity index (χ0v) is 13.2. The minimum absolute atomic E-state index is 0.543. The molecular formula is C21H19NO. The van der Waals surface area contributed by atoms with Crippen molar-refractivity contribution in [2.75, 3.05) is 0 Å². The summed E-state index contributed by atoms with van der Waals surface area (Å²) in [6, 6.07) is 16.4. The Morgan fingerprint density at radius 3 is 2.17 bits per heavy atom. The summed E-state index contributed by atoms with van der Waals surface area (Å²) in [4.78, 5) is 0. The second-order valence-electron chi connectivity index (χ2n) is 5.45. The van der Waals surface area contributed by atoms with E-state index in [0.29, 0.717) is 6.42 Å². The van der Waals surface area contributed by atoms with E-state index in [1.807, 2.05) is 28.8 Å². The van der Waals surface area contributed by atoms with E-state index < -0.39 is 6.23 Å². The number of rotatable bonds is 4. The van der Waals surface area contributed by atoms with Gasteiger partial charge in [0.1, 0.15) is 6.23 Å². The lowest BCUT2D eigenvalue weighted by molar-refractivity contribution is 0.101. The van der Waals surface area contributed by atoms with Gasteiger partial charge in [-0.2, -0.15) is 0 Å². The molecule has 1 unspecified atom stereocenters. The molecule has 0 radical (unpaired) electrons. The number of aliphatic hydroxyl groups excluding tert-OH is 1. The molecule has 0 spiro atoms. The van der Waals surface area contributed by atoms with Crippen LogP contribution in [0, 0.1) is 23.7 Å². The van der Waals surface area contributed by atoms with E-state index >= 15 is 0 Å². The summed E-state index contributed by atoms with van der Waals surface area (Å²) < 4.78 is 2.03. The third-order valence-electron chi connectivity index (χ3n) is 3.96. The van der Waals surface area contributed by atoms with Crippen LogP contribution in [0.5, 0.6) is 0 Å². The van der Waals surface area contributed by atoms with Crippen LogP contribution >= 0.6 is 0 Å². The smallest absolute Gasteiger partial charge is 0.131 e. The minimum atomic E-state index is -0.543. The van der Waals surface area contributed by atoms with Crippen LogP contribution in [0.1, 0.15) is 32.4 Å². The Kier molecular flexibility index (Phi) is 4.67. The highest BCUT2D eigenvalue weighted by molar-refractivity contribution is 6.08. The molecule has 0 saturated carbocycles. The fraction of sp³-hybridized carbons (Fsp3) is 0.238. The molecule has 0 aliphatic heterocycles. The number of aliphatic hydroxyl groups is 1. The van der Waals surface area contributed by atoms with Crippen LogP contribution in [0.25, 0.3) is 21.8 Å². The summed E-state index contributed by atoms with van der Waals surface area (Å²) in [7, 11) is 0. The molecule has 2 nitrogen and oxygen atoms in total. The molecule has 0 fully saturated rings. The van der Waals surface area contributed by atoms with Crippen LogP contribution in [-0.4, -0.2) is 9.67 Å². The Labute approximate surface area is 136 Å². The molecule has 2 heteroatoms. The Morgan fingerprint density at radius 2 is 1.57 bits per heavy atom. The molecule has 1 aromatic heterocycles. The molecule has 3 aromatic rings. The first-order chi connectivity index (χ1) is 11.3. The third kappa shape index (κ3) is 3.09. The Balaban J connectivity index is 1.88. The van der Waals surface area contributed by atoms with Crippen LogP contribution < -0.4 is 0 Å². The van der Waals surface area contributed by atoms with E-state index in [1.165, 1.54) is 10.8 Å². The van der Waals surface area contributed by atoms with Gasteiger partial charge in [-0.05, 0) is 43.7 Å². The molecule has 23 heavy (non-hydrogen) atoms. The summed E-state index contributed by atoms with van der Waals surface area (Å²) in [6.07, 6.45) is 1.74. The van der Waals surface area contributed by atoms with Crippen LogP contribution in [0.15, 0.2) is 48.5 Å². The molecule has 3 rings (SSSR count). The molecule has 0 amide bonds. The van der Waals surface area contributed by atoms with E-state index in [4.69, 9.17) is 0 Å². The standard InChI is InChI=1S/C21H19NO/c1-2-3-4-5-6-7-16-21(23)22-19-14-10-8-12-17(19)18-13-9-11-15-20(18)22/h8-15,21,23H,6-7,16H2,1H3. The molecule has 0 aliphatic rings. The maximum atomic E-state index is 10.7. The molecule has 1 heterocycles. The third-order valence-corrected chi connectivity index (χ3v) is 3.96. The fourth-order valence-corrected chi connectivity index (χ4v) is 2.95. The van der Waals surface area contributed by atoms with E-state index in [2.05, 4.69) is 47.9 Å². The molecule has 1 N–H and O–H groups in total. The van der Waals surface area contributed by atoms with Gasteiger partial charge >= 0.3 is 0 Å².